The van der Waals surface area contributed by atoms with E-state index in [2.05, 4.69) is 58.7 Å². The Bertz CT molecular complexity index is 628. The highest BCUT2D eigenvalue weighted by Crippen LogP contribution is 2.21. The zero-order chi connectivity index (χ0) is 18.2. The molecule has 1 saturated heterocycles. The van der Waals surface area contributed by atoms with Crippen molar-refractivity contribution in [1.29, 1.82) is 0 Å². The molecule has 0 aliphatic carbocycles. The topological polar surface area (TPSA) is 32.3 Å². The van der Waals surface area contributed by atoms with Crippen LogP contribution in [0.5, 0.6) is 0 Å². The van der Waals surface area contributed by atoms with Gasteiger partial charge in [-0.2, -0.15) is 0 Å². The number of nitrogens with one attached hydrogen (secondary N) is 1. The molecule has 4 heteroatoms. The molecule has 1 N–H and O–H groups in total. The van der Waals surface area contributed by atoms with Gasteiger partial charge in [0.05, 0.1) is 0 Å². The molecule has 0 unspecified atom stereocenters. The van der Waals surface area contributed by atoms with Crippen LogP contribution in [0.2, 0.25) is 0 Å². The minimum Gasteiger partial charge on any atom is -0.343 e. The lowest BCUT2D eigenvalue weighted by Crippen LogP contribution is -2.44. The minimum atomic E-state index is 0. The number of piperidine rings is 1. The molecule has 1 heterocycles. The number of hydrogen-bond donors (Lipinski definition) is 1. The maximum atomic E-state index is 12.9. The molecule has 27 heavy (non-hydrogen) atoms. The Labute approximate surface area is 169 Å². The summed E-state index contributed by atoms with van der Waals surface area (Å²) in [6.07, 6.45) is 4.66. The molecule has 0 atom stereocenters. The number of nitrogens with zero attached hydrogens (tertiary/aromatic N) is 1. The van der Waals surface area contributed by atoms with E-state index in [0.29, 0.717) is 24.3 Å². The molecule has 1 amide bonds. The monoisotopic (exact) mass is 386 g/mol. The summed E-state index contributed by atoms with van der Waals surface area (Å²) < 4.78 is 0. The number of likely N-dealkylation sites (tertiary alicyclic amines) is 1. The second kappa shape index (κ2) is 11.1. The summed E-state index contributed by atoms with van der Waals surface area (Å²) in [5.74, 6) is 0.658. The lowest BCUT2D eigenvalue weighted by molar-refractivity contribution is -0.133. The van der Waals surface area contributed by atoms with Crippen LogP contribution in [0.3, 0.4) is 0 Å². The molecule has 2 aromatic carbocycles. The zero-order valence-electron chi connectivity index (χ0n) is 16.1. The van der Waals surface area contributed by atoms with Gasteiger partial charge in [0.2, 0.25) is 5.91 Å². The number of hydrogen-bond acceptors (Lipinski definition) is 2. The summed E-state index contributed by atoms with van der Waals surface area (Å²) in [5.41, 5.74) is 2.63. The van der Waals surface area contributed by atoms with Gasteiger partial charge in [-0.15, -0.1) is 12.4 Å². The van der Waals surface area contributed by atoms with E-state index in [0.717, 1.165) is 38.8 Å². The molecule has 3 nitrogen and oxygen atoms in total. The van der Waals surface area contributed by atoms with E-state index >= 15 is 0 Å². The second-order valence-electron chi connectivity index (χ2n) is 7.39. The van der Waals surface area contributed by atoms with Gasteiger partial charge in [0, 0.05) is 25.6 Å². The van der Waals surface area contributed by atoms with Crippen LogP contribution < -0.4 is 5.32 Å². The van der Waals surface area contributed by atoms with Gasteiger partial charge in [0.15, 0.2) is 0 Å². The predicted octanol–water partition coefficient (Wildman–Crippen LogP) is 4.11. The van der Waals surface area contributed by atoms with E-state index in [1.807, 2.05) is 19.2 Å². The maximum Gasteiger partial charge on any atom is 0.222 e. The largest absolute Gasteiger partial charge is 0.343 e. The maximum absolute atomic E-state index is 12.9. The molecule has 1 aliphatic heterocycles. The van der Waals surface area contributed by atoms with Crippen LogP contribution in [-0.2, 0) is 17.6 Å². The average molecular weight is 387 g/mol. The van der Waals surface area contributed by atoms with Crippen molar-refractivity contribution in [3.63, 3.8) is 0 Å². The summed E-state index contributed by atoms with van der Waals surface area (Å²) >= 11 is 0. The van der Waals surface area contributed by atoms with Crippen LogP contribution in [0.15, 0.2) is 60.7 Å². The lowest BCUT2D eigenvalue weighted by Gasteiger charge is -2.33. The van der Waals surface area contributed by atoms with Crippen molar-refractivity contribution in [3.05, 3.63) is 71.8 Å². The average Bonchev–Trinajstić information content (AvgIpc) is 2.69. The summed E-state index contributed by atoms with van der Waals surface area (Å²) in [6, 6.07) is 21.7. The third-order valence-electron chi connectivity index (χ3n) is 5.45. The van der Waals surface area contributed by atoms with Crippen molar-refractivity contribution < 1.29 is 4.79 Å². The normalized spacial score (nSPS) is 14.8. The third kappa shape index (κ3) is 6.67. The highest BCUT2D eigenvalue weighted by Gasteiger charge is 2.24. The standard InChI is InChI=1S/C23H30N2O.ClH/c1-24-22-12-14-25(15-13-22)23(26)18-21(16-19-8-4-2-5-9-19)17-20-10-6-3-7-11-20;/h2-11,21-22,24H,12-18H2,1H3;1H. The summed E-state index contributed by atoms with van der Waals surface area (Å²) in [7, 11) is 2.01. The van der Waals surface area contributed by atoms with E-state index in [1.165, 1.54) is 11.1 Å². The first-order valence-electron chi connectivity index (χ1n) is 9.77. The molecule has 0 aromatic heterocycles. The van der Waals surface area contributed by atoms with Gasteiger partial charge >= 0.3 is 0 Å². The number of rotatable bonds is 7. The third-order valence-corrected chi connectivity index (χ3v) is 5.45. The first-order chi connectivity index (χ1) is 12.7. The summed E-state index contributed by atoms with van der Waals surface area (Å²) in [5, 5.41) is 3.33. The molecule has 0 bridgehead atoms. The smallest absolute Gasteiger partial charge is 0.222 e. The van der Waals surface area contributed by atoms with Gasteiger partial charge < -0.3 is 10.2 Å². The fourth-order valence-corrected chi connectivity index (χ4v) is 3.90. The highest BCUT2D eigenvalue weighted by molar-refractivity contribution is 5.85. The Balaban J connectivity index is 0.00000261. The number of benzene rings is 2. The van der Waals surface area contributed by atoms with Crippen molar-refractivity contribution in [2.45, 2.75) is 38.1 Å². The van der Waals surface area contributed by atoms with E-state index in [1.54, 1.807) is 0 Å². The Hall–Kier alpha value is -1.84. The Kier molecular flexibility index (Phi) is 8.83. The molecule has 1 fully saturated rings. The van der Waals surface area contributed by atoms with Crippen LogP contribution in [0.4, 0.5) is 0 Å². The highest BCUT2D eigenvalue weighted by atomic mass is 35.5. The molecule has 0 radical (unpaired) electrons. The number of amides is 1. The zero-order valence-corrected chi connectivity index (χ0v) is 17.0. The van der Waals surface area contributed by atoms with Crippen molar-refractivity contribution in [1.82, 2.24) is 10.2 Å². The number of carbonyl (C=O) groups excluding carboxylic acids is 1. The van der Waals surface area contributed by atoms with Crippen molar-refractivity contribution in [3.8, 4) is 0 Å². The van der Waals surface area contributed by atoms with E-state index in [9.17, 15) is 4.79 Å². The Morgan fingerprint density at radius 3 is 1.89 bits per heavy atom. The second-order valence-corrected chi connectivity index (χ2v) is 7.39. The van der Waals surface area contributed by atoms with Crippen molar-refractivity contribution in [2.24, 2.45) is 5.92 Å². The number of halogens is 1. The van der Waals surface area contributed by atoms with E-state index < -0.39 is 0 Å². The first kappa shape index (κ1) is 21.5. The van der Waals surface area contributed by atoms with Crippen LogP contribution in [0.1, 0.15) is 30.4 Å². The van der Waals surface area contributed by atoms with Gasteiger partial charge in [0.1, 0.15) is 0 Å². The SMILES string of the molecule is CNC1CCN(C(=O)CC(Cc2ccccc2)Cc2ccccc2)CC1.Cl. The van der Waals surface area contributed by atoms with Crippen LogP contribution in [0.25, 0.3) is 0 Å². The molecule has 0 spiro atoms. The summed E-state index contributed by atoms with van der Waals surface area (Å²) in [4.78, 5) is 15.0. The van der Waals surface area contributed by atoms with Crippen molar-refractivity contribution >= 4 is 18.3 Å². The van der Waals surface area contributed by atoms with Gasteiger partial charge in [-0.3, -0.25) is 4.79 Å². The van der Waals surface area contributed by atoms with E-state index in [-0.39, 0.29) is 12.4 Å². The van der Waals surface area contributed by atoms with Gasteiger partial charge in [0.25, 0.3) is 0 Å². The van der Waals surface area contributed by atoms with Gasteiger partial charge in [-0.05, 0) is 49.8 Å². The van der Waals surface area contributed by atoms with Gasteiger partial charge in [-0.1, -0.05) is 60.7 Å². The Morgan fingerprint density at radius 2 is 1.44 bits per heavy atom. The molecule has 2 aromatic rings. The Morgan fingerprint density at radius 1 is 0.963 bits per heavy atom. The lowest BCUT2D eigenvalue weighted by atomic mass is 9.89. The molecular formula is C23H31ClN2O. The van der Waals surface area contributed by atoms with Crippen LogP contribution >= 0.6 is 12.4 Å². The minimum absolute atomic E-state index is 0. The molecule has 1 aliphatic rings. The molecular weight excluding hydrogens is 356 g/mol. The molecule has 0 saturated carbocycles. The molecule has 146 valence electrons. The van der Waals surface area contributed by atoms with Gasteiger partial charge in [-0.25, -0.2) is 0 Å². The first-order valence-corrected chi connectivity index (χ1v) is 9.77. The predicted molar refractivity (Wildman–Crippen MR) is 114 cm³/mol. The quantitative estimate of drug-likeness (QED) is 0.776. The molecule has 3 rings (SSSR count). The van der Waals surface area contributed by atoms with Crippen molar-refractivity contribution in [2.75, 3.05) is 20.1 Å². The van der Waals surface area contributed by atoms with Crippen LogP contribution in [0, 0.1) is 5.92 Å². The summed E-state index contributed by atoms with van der Waals surface area (Å²) in [6.45, 7) is 1.77. The van der Waals surface area contributed by atoms with E-state index in [4.69, 9.17) is 0 Å². The fourth-order valence-electron chi connectivity index (χ4n) is 3.90. The fraction of sp³-hybridized carbons (Fsp3) is 0.435. The van der Waals surface area contributed by atoms with Crippen LogP contribution in [-0.4, -0.2) is 37.0 Å². The number of carbonyl (C=O) groups is 1.